The smallest absolute Gasteiger partial charge is 0.241 e. The van der Waals surface area contributed by atoms with Gasteiger partial charge in [0.1, 0.15) is 0 Å². The topological polar surface area (TPSA) is 66.4 Å². The number of rotatable bonds is 4. The maximum atomic E-state index is 12.4. The first-order valence-electron chi connectivity index (χ1n) is 6.02. The first-order valence-corrected chi connectivity index (χ1v) is 9.45. The molecule has 0 aromatic heterocycles. The van der Waals surface area contributed by atoms with Crippen LogP contribution in [0.4, 0.5) is 0 Å². The van der Waals surface area contributed by atoms with E-state index in [9.17, 15) is 8.42 Å². The average Bonchev–Trinajstić information content (AvgIpc) is 2.39. The molecule has 1 fully saturated rings. The molecule has 0 amide bonds. The van der Waals surface area contributed by atoms with Crippen LogP contribution in [0.25, 0.3) is 0 Å². The quantitative estimate of drug-likeness (QED) is 0.857. The zero-order chi connectivity index (χ0) is 13.9. The second-order valence-corrected chi connectivity index (χ2v) is 8.19. The molecule has 2 rings (SSSR count). The third-order valence-electron chi connectivity index (χ3n) is 3.01. The van der Waals surface area contributed by atoms with Crippen LogP contribution in [-0.4, -0.2) is 31.1 Å². The third-order valence-corrected chi connectivity index (χ3v) is 6.57. The molecule has 0 spiro atoms. The predicted molar refractivity (Wildman–Crippen MR) is 80.7 cm³/mol. The molecule has 0 radical (unpaired) electrons. The van der Waals surface area contributed by atoms with Gasteiger partial charge in [0.15, 0.2) is 0 Å². The van der Waals surface area contributed by atoms with E-state index in [1.54, 1.807) is 12.1 Å². The Bertz CT molecular complexity index is 542. The summed E-state index contributed by atoms with van der Waals surface area (Å²) in [4.78, 5) is 0.192. The Balaban J connectivity index is 2.23. The van der Waals surface area contributed by atoms with E-state index < -0.39 is 10.0 Å². The number of benzene rings is 1. The van der Waals surface area contributed by atoms with Crippen molar-refractivity contribution in [3.8, 4) is 0 Å². The molecule has 1 aromatic rings. The Labute approximate surface area is 126 Å². The fourth-order valence-corrected chi connectivity index (χ4v) is 5.38. The van der Waals surface area contributed by atoms with Crippen molar-refractivity contribution in [2.24, 2.45) is 0 Å². The molecule has 19 heavy (non-hydrogen) atoms. The highest BCUT2D eigenvalue weighted by molar-refractivity contribution is 9.10. The van der Waals surface area contributed by atoms with E-state index in [1.165, 1.54) is 6.07 Å². The Hall–Kier alpha value is -0.0800. The molecule has 1 aliphatic heterocycles. The summed E-state index contributed by atoms with van der Waals surface area (Å²) in [7, 11) is -3.54. The van der Waals surface area contributed by atoms with Gasteiger partial charge in [0.2, 0.25) is 10.0 Å². The van der Waals surface area contributed by atoms with Crippen LogP contribution in [-0.2, 0) is 16.6 Å². The van der Waals surface area contributed by atoms with Gasteiger partial charge in [-0.1, -0.05) is 6.07 Å². The van der Waals surface area contributed by atoms with E-state index in [2.05, 4.69) is 20.7 Å². The van der Waals surface area contributed by atoms with Gasteiger partial charge in [-0.15, -0.1) is 0 Å². The number of hydrogen-bond acceptors (Lipinski definition) is 4. The summed E-state index contributed by atoms with van der Waals surface area (Å²) < 4.78 is 28.0. The van der Waals surface area contributed by atoms with E-state index in [-0.39, 0.29) is 17.5 Å². The molecular weight excluding hydrogens is 350 g/mol. The highest BCUT2D eigenvalue weighted by Crippen LogP contribution is 2.25. The molecule has 0 atom stereocenters. The van der Waals surface area contributed by atoms with Crippen LogP contribution >= 0.6 is 27.7 Å². The van der Waals surface area contributed by atoms with Crippen molar-refractivity contribution in [2.75, 3.05) is 11.5 Å². The lowest BCUT2D eigenvalue weighted by Gasteiger charge is -2.22. The van der Waals surface area contributed by atoms with E-state index >= 15 is 0 Å². The van der Waals surface area contributed by atoms with E-state index in [0.717, 1.165) is 24.3 Å². The average molecular weight is 366 g/mol. The van der Waals surface area contributed by atoms with Gasteiger partial charge >= 0.3 is 0 Å². The molecule has 1 aromatic carbocycles. The number of aliphatic hydroxyl groups excluding tert-OH is 1. The van der Waals surface area contributed by atoms with E-state index in [1.807, 2.05) is 11.8 Å². The lowest BCUT2D eigenvalue weighted by Crippen LogP contribution is -2.37. The zero-order valence-corrected chi connectivity index (χ0v) is 13.5. The van der Waals surface area contributed by atoms with Crippen molar-refractivity contribution < 1.29 is 13.5 Å². The molecule has 0 saturated carbocycles. The Morgan fingerprint density at radius 1 is 1.37 bits per heavy atom. The number of aliphatic hydroxyl groups is 1. The number of thioether (sulfide) groups is 1. The SMILES string of the molecule is O=S(=O)(NC1CCSCC1)c1cc(CO)ccc1Br. The maximum absolute atomic E-state index is 12.4. The van der Waals surface area contributed by atoms with Crippen LogP contribution in [0, 0.1) is 0 Å². The molecule has 7 heteroatoms. The molecule has 0 unspecified atom stereocenters. The minimum Gasteiger partial charge on any atom is -0.392 e. The molecule has 106 valence electrons. The Morgan fingerprint density at radius 2 is 2.05 bits per heavy atom. The first kappa shape index (κ1) is 15.3. The van der Waals surface area contributed by atoms with Gasteiger partial charge in [-0.05, 0) is 58.0 Å². The monoisotopic (exact) mass is 365 g/mol. The minimum atomic E-state index is -3.54. The largest absolute Gasteiger partial charge is 0.392 e. The second kappa shape index (κ2) is 6.58. The molecular formula is C12H16BrNO3S2. The van der Waals surface area contributed by atoms with Gasteiger partial charge in [0, 0.05) is 10.5 Å². The van der Waals surface area contributed by atoms with Crippen LogP contribution in [0.5, 0.6) is 0 Å². The lowest BCUT2D eigenvalue weighted by molar-refractivity contribution is 0.281. The van der Waals surface area contributed by atoms with Crippen molar-refractivity contribution in [1.29, 1.82) is 0 Å². The molecule has 1 aliphatic rings. The van der Waals surface area contributed by atoms with E-state index in [0.29, 0.717) is 10.0 Å². The fraction of sp³-hybridized carbons (Fsp3) is 0.500. The van der Waals surface area contributed by atoms with Crippen molar-refractivity contribution in [3.05, 3.63) is 28.2 Å². The van der Waals surface area contributed by atoms with Gasteiger partial charge in [-0.2, -0.15) is 11.8 Å². The van der Waals surface area contributed by atoms with Crippen molar-refractivity contribution >= 4 is 37.7 Å². The van der Waals surface area contributed by atoms with Gasteiger partial charge in [-0.3, -0.25) is 0 Å². The molecule has 4 nitrogen and oxygen atoms in total. The Kier molecular flexibility index (Phi) is 5.30. The minimum absolute atomic E-state index is 0.0101. The van der Waals surface area contributed by atoms with Gasteiger partial charge in [-0.25, -0.2) is 13.1 Å². The summed E-state index contributed by atoms with van der Waals surface area (Å²) >= 11 is 5.11. The standard InChI is InChI=1S/C12H16BrNO3S2/c13-11-2-1-9(8-15)7-12(11)19(16,17)14-10-3-5-18-6-4-10/h1-2,7,10,14-15H,3-6,8H2. The normalized spacial score (nSPS) is 17.6. The maximum Gasteiger partial charge on any atom is 0.241 e. The summed E-state index contributed by atoms with van der Waals surface area (Å²) in [6, 6.07) is 4.86. The summed E-state index contributed by atoms with van der Waals surface area (Å²) in [5, 5.41) is 9.11. The summed E-state index contributed by atoms with van der Waals surface area (Å²) in [5.41, 5.74) is 0.586. The van der Waals surface area contributed by atoms with Crippen LogP contribution in [0.3, 0.4) is 0 Å². The second-order valence-electron chi connectivity index (χ2n) is 4.43. The first-order chi connectivity index (χ1) is 9.03. The van der Waals surface area contributed by atoms with Crippen molar-refractivity contribution in [2.45, 2.75) is 30.4 Å². The summed E-state index contributed by atoms with van der Waals surface area (Å²) in [6.45, 7) is -0.171. The molecule has 2 N–H and O–H groups in total. The number of nitrogens with one attached hydrogen (secondary N) is 1. The number of sulfonamides is 1. The van der Waals surface area contributed by atoms with Crippen LogP contribution in [0.1, 0.15) is 18.4 Å². The summed E-state index contributed by atoms with van der Waals surface area (Å²) in [6.07, 6.45) is 1.72. The predicted octanol–water partition coefficient (Wildman–Crippen LogP) is 2.12. The van der Waals surface area contributed by atoms with Gasteiger partial charge < -0.3 is 5.11 Å². The highest BCUT2D eigenvalue weighted by Gasteiger charge is 2.24. The molecule has 0 bridgehead atoms. The zero-order valence-electron chi connectivity index (χ0n) is 10.3. The lowest BCUT2D eigenvalue weighted by atomic mass is 10.2. The molecule has 1 heterocycles. The Morgan fingerprint density at radius 3 is 2.68 bits per heavy atom. The van der Waals surface area contributed by atoms with Crippen molar-refractivity contribution in [1.82, 2.24) is 4.72 Å². The van der Waals surface area contributed by atoms with Crippen LogP contribution < -0.4 is 4.72 Å². The van der Waals surface area contributed by atoms with Crippen LogP contribution in [0.15, 0.2) is 27.6 Å². The van der Waals surface area contributed by atoms with E-state index in [4.69, 9.17) is 5.11 Å². The highest BCUT2D eigenvalue weighted by atomic mass is 79.9. The van der Waals surface area contributed by atoms with Crippen LogP contribution in [0.2, 0.25) is 0 Å². The third kappa shape index (κ3) is 3.95. The van der Waals surface area contributed by atoms with Gasteiger partial charge in [0.05, 0.1) is 11.5 Å². The molecule has 0 aliphatic carbocycles. The number of hydrogen-bond donors (Lipinski definition) is 2. The fourth-order valence-electron chi connectivity index (χ4n) is 1.95. The summed E-state index contributed by atoms with van der Waals surface area (Å²) in [5.74, 6) is 1.98. The number of halogens is 1. The van der Waals surface area contributed by atoms with Crippen molar-refractivity contribution in [3.63, 3.8) is 0 Å². The van der Waals surface area contributed by atoms with Gasteiger partial charge in [0.25, 0.3) is 0 Å². The molecule has 1 saturated heterocycles.